The highest BCUT2D eigenvalue weighted by Crippen LogP contribution is 2.35. The molecule has 0 bridgehead atoms. The van der Waals surface area contributed by atoms with Crippen LogP contribution in [0, 0.1) is 5.92 Å². The number of nitrogens with zero attached hydrogens (tertiary/aromatic N) is 1. The molecule has 1 amide bonds. The molecule has 0 saturated carbocycles. The summed E-state index contributed by atoms with van der Waals surface area (Å²) in [6.07, 6.45) is -4.53. The molecule has 8 heteroatoms. The maximum Gasteiger partial charge on any atom is 0.416 e. The molecule has 0 aliphatic rings. The van der Waals surface area contributed by atoms with Gasteiger partial charge in [0.15, 0.2) is 0 Å². The first-order chi connectivity index (χ1) is 10.7. The second kappa shape index (κ2) is 8.16. The van der Waals surface area contributed by atoms with Gasteiger partial charge in [-0.2, -0.15) is 13.2 Å². The van der Waals surface area contributed by atoms with Crippen LogP contribution in [0.5, 0.6) is 0 Å². The Hall–Kier alpha value is -1.80. The fraction of sp³-hybridized carbons (Fsp3) is 0.533. The molecule has 0 saturated heterocycles. The Balaban J connectivity index is 3.28. The van der Waals surface area contributed by atoms with Crippen LogP contribution in [0.25, 0.3) is 0 Å². The third kappa shape index (κ3) is 5.40. The van der Waals surface area contributed by atoms with Crippen molar-refractivity contribution < 1.29 is 28.2 Å². The molecule has 0 aliphatic carbocycles. The molecular weight excluding hydrogens is 313 g/mol. The number of amides is 1. The number of benzene rings is 1. The second-order valence-corrected chi connectivity index (χ2v) is 5.31. The summed E-state index contributed by atoms with van der Waals surface area (Å²) in [5, 5.41) is 20.6. The van der Waals surface area contributed by atoms with Crippen LogP contribution in [-0.4, -0.2) is 42.4 Å². The van der Waals surface area contributed by atoms with Crippen LogP contribution in [0.15, 0.2) is 18.2 Å². The van der Waals surface area contributed by atoms with Gasteiger partial charge in [-0.3, -0.25) is 4.79 Å². The van der Waals surface area contributed by atoms with Crippen LogP contribution < -0.4 is 10.2 Å². The molecule has 0 aliphatic heterocycles. The summed E-state index contributed by atoms with van der Waals surface area (Å²) in [4.78, 5) is 13.4. The maximum absolute atomic E-state index is 12.9. The summed E-state index contributed by atoms with van der Waals surface area (Å²) in [5.41, 5.74) is -0.566. The predicted octanol–water partition coefficient (Wildman–Crippen LogP) is 2.09. The molecule has 0 radical (unpaired) electrons. The Morgan fingerprint density at radius 2 is 1.78 bits per heavy atom. The second-order valence-electron chi connectivity index (χ2n) is 5.31. The van der Waals surface area contributed by atoms with Crippen molar-refractivity contribution in [1.29, 1.82) is 0 Å². The molecule has 0 unspecified atom stereocenters. The van der Waals surface area contributed by atoms with E-state index in [1.165, 1.54) is 11.0 Å². The van der Waals surface area contributed by atoms with Gasteiger partial charge in [0, 0.05) is 19.0 Å². The summed E-state index contributed by atoms with van der Waals surface area (Å²) >= 11 is 0. The molecule has 23 heavy (non-hydrogen) atoms. The lowest BCUT2D eigenvalue weighted by Gasteiger charge is -2.26. The normalized spacial score (nSPS) is 11.7. The summed E-state index contributed by atoms with van der Waals surface area (Å²) in [6, 6.07) is 2.99. The lowest BCUT2D eigenvalue weighted by molar-refractivity contribution is -0.137. The van der Waals surface area contributed by atoms with Crippen molar-refractivity contribution in [3.8, 4) is 0 Å². The number of alkyl halides is 3. The predicted molar refractivity (Wildman–Crippen MR) is 81.3 cm³/mol. The van der Waals surface area contributed by atoms with Crippen molar-refractivity contribution in [2.45, 2.75) is 20.0 Å². The average molecular weight is 334 g/mol. The topological polar surface area (TPSA) is 72.8 Å². The van der Waals surface area contributed by atoms with Crippen LogP contribution in [0.1, 0.15) is 19.4 Å². The van der Waals surface area contributed by atoms with E-state index >= 15 is 0 Å². The van der Waals surface area contributed by atoms with Crippen LogP contribution in [0.3, 0.4) is 0 Å². The molecule has 3 N–H and O–H groups in total. The van der Waals surface area contributed by atoms with E-state index in [1.54, 1.807) is 13.8 Å². The minimum atomic E-state index is -4.53. The first-order valence-corrected chi connectivity index (χ1v) is 7.19. The summed E-state index contributed by atoms with van der Waals surface area (Å²) in [7, 11) is 0. The number of carbonyl (C=O) groups excluding carboxylic acids is 1. The Morgan fingerprint density at radius 1 is 1.22 bits per heavy atom. The number of aliphatic hydroxyl groups is 2. The van der Waals surface area contributed by atoms with Gasteiger partial charge < -0.3 is 20.4 Å². The Labute approximate surface area is 132 Å². The van der Waals surface area contributed by atoms with Gasteiger partial charge in [-0.05, 0) is 18.2 Å². The number of halogens is 3. The zero-order valence-corrected chi connectivity index (χ0v) is 13.0. The third-order valence-corrected chi connectivity index (χ3v) is 3.19. The summed E-state index contributed by atoms with van der Waals surface area (Å²) < 4.78 is 38.7. The van der Waals surface area contributed by atoms with E-state index in [0.29, 0.717) is 5.69 Å². The van der Waals surface area contributed by atoms with Crippen molar-refractivity contribution >= 4 is 17.3 Å². The lowest BCUT2D eigenvalue weighted by atomic mass is 10.1. The SMILES string of the molecule is CC(C)C(=O)Nc1cc(C(F)(F)F)ccc1N(CCO)CCO. The number of aliphatic hydroxyl groups excluding tert-OH is 2. The molecule has 0 heterocycles. The van der Waals surface area contributed by atoms with Crippen LogP contribution in [0.4, 0.5) is 24.5 Å². The van der Waals surface area contributed by atoms with Gasteiger partial charge in [0.25, 0.3) is 0 Å². The molecule has 0 atom stereocenters. The molecule has 0 spiro atoms. The van der Waals surface area contributed by atoms with Gasteiger partial charge in [-0.25, -0.2) is 0 Å². The van der Waals surface area contributed by atoms with Gasteiger partial charge in [0.1, 0.15) is 0 Å². The van der Waals surface area contributed by atoms with E-state index in [1.807, 2.05) is 0 Å². The number of hydrogen-bond donors (Lipinski definition) is 3. The van der Waals surface area contributed by atoms with Crippen molar-refractivity contribution in [3.05, 3.63) is 23.8 Å². The third-order valence-electron chi connectivity index (χ3n) is 3.19. The fourth-order valence-corrected chi connectivity index (χ4v) is 1.96. The first-order valence-electron chi connectivity index (χ1n) is 7.19. The Bertz CT molecular complexity index is 527. The molecule has 1 aromatic carbocycles. The van der Waals surface area contributed by atoms with E-state index in [4.69, 9.17) is 10.2 Å². The van der Waals surface area contributed by atoms with Crippen LogP contribution >= 0.6 is 0 Å². The number of rotatable bonds is 7. The molecule has 0 aromatic heterocycles. The first kappa shape index (κ1) is 19.2. The van der Waals surface area contributed by atoms with Crippen LogP contribution in [0.2, 0.25) is 0 Å². The van der Waals surface area contributed by atoms with E-state index < -0.39 is 23.6 Å². The minimum Gasteiger partial charge on any atom is -0.395 e. The van der Waals surface area contributed by atoms with E-state index in [9.17, 15) is 18.0 Å². The van der Waals surface area contributed by atoms with E-state index in [-0.39, 0.29) is 32.0 Å². The highest BCUT2D eigenvalue weighted by Gasteiger charge is 2.31. The largest absolute Gasteiger partial charge is 0.416 e. The van der Waals surface area contributed by atoms with Crippen molar-refractivity contribution in [3.63, 3.8) is 0 Å². The quantitative estimate of drug-likeness (QED) is 0.714. The van der Waals surface area contributed by atoms with Crippen molar-refractivity contribution in [2.75, 3.05) is 36.5 Å². The monoisotopic (exact) mass is 334 g/mol. The summed E-state index contributed by atoms with van der Waals surface area (Å²) in [5.74, 6) is -0.819. The van der Waals surface area contributed by atoms with Crippen molar-refractivity contribution in [1.82, 2.24) is 0 Å². The van der Waals surface area contributed by atoms with Gasteiger partial charge in [-0.15, -0.1) is 0 Å². The molecule has 5 nitrogen and oxygen atoms in total. The Kier molecular flexibility index (Phi) is 6.83. The average Bonchev–Trinajstić information content (AvgIpc) is 2.46. The van der Waals surface area contributed by atoms with Gasteiger partial charge >= 0.3 is 6.18 Å². The number of hydrogen-bond acceptors (Lipinski definition) is 4. The lowest BCUT2D eigenvalue weighted by Crippen LogP contribution is -2.31. The Morgan fingerprint density at radius 3 is 2.22 bits per heavy atom. The minimum absolute atomic E-state index is 0.000394. The van der Waals surface area contributed by atoms with Gasteiger partial charge in [-0.1, -0.05) is 13.8 Å². The smallest absolute Gasteiger partial charge is 0.395 e. The zero-order chi connectivity index (χ0) is 17.6. The number of carbonyl (C=O) groups is 1. The highest BCUT2D eigenvalue weighted by molar-refractivity contribution is 5.95. The molecule has 1 rings (SSSR count). The molecule has 0 fully saturated rings. The standard InChI is InChI=1S/C15H21F3N2O3/c1-10(2)14(23)19-12-9-11(15(16,17)18)3-4-13(12)20(5-7-21)6-8-22/h3-4,9-10,21-22H,5-8H2,1-2H3,(H,19,23). The molecular formula is C15H21F3N2O3. The molecule has 130 valence electrons. The van der Waals surface area contributed by atoms with E-state index in [0.717, 1.165) is 12.1 Å². The van der Waals surface area contributed by atoms with E-state index in [2.05, 4.69) is 5.32 Å². The summed E-state index contributed by atoms with van der Waals surface area (Å²) in [6.45, 7) is 3.02. The number of nitrogens with one attached hydrogen (secondary N) is 1. The van der Waals surface area contributed by atoms with Crippen LogP contribution in [-0.2, 0) is 11.0 Å². The number of anilines is 2. The maximum atomic E-state index is 12.9. The highest BCUT2D eigenvalue weighted by atomic mass is 19.4. The zero-order valence-electron chi connectivity index (χ0n) is 13.0. The van der Waals surface area contributed by atoms with Gasteiger partial charge in [0.05, 0.1) is 30.2 Å². The van der Waals surface area contributed by atoms with Gasteiger partial charge in [0.2, 0.25) is 5.91 Å². The van der Waals surface area contributed by atoms with Crippen molar-refractivity contribution in [2.24, 2.45) is 5.92 Å². The fourth-order valence-electron chi connectivity index (χ4n) is 1.96. The molecule has 1 aromatic rings.